The smallest absolute Gasteiger partial charge is 0.260 e. The standard InChI is InChI=1S/C14H21N3O3/c1-8(2)7-17-14(19)9(3)20-12-5-4-10(15)6-11(12)13(16)18/h4-6,8-9H,7,15H2,1-3H3,(H2,16,18)(H,17,19). The van der Waals surface area contributed by atoms with Crippen LogP contribution in [0.15, 0.2) is 18.2 Å². The predicted molar refractivity (Wildman–Crippen MR) is 77.3 cm³/mol. The van der Waals surface area contributed by atoms with Crippen LogP contribution in [0.25, 0.3) is 0 Å². The van der Waals surface area contributed by atoms with Gasteiger partial charge in [0.25, 0.3) is 11.8 Å². The van der Waals surface area contributed by atoms with Gasteiger partial charge >= 0.3 is 0 Å². The number of primary amides is 1. The second kappa shape index (κ2) is 6.79. The van der Waals surface area contributed by atoms with Crippen LogP contribution in [0.1, 0.15) is 31.1 Å². The van der Waals surface area contributed by atoms with Gasteiger partial charge in [-0.15, -0.1) is 0 Å². The third-order valence-electron chi connectivity index (χ3n) is 2.63. The molecule has 20 heavy (non-hydrogen) atoms. The minimum absolute atomic E-state index is 0.161. The molecule has 0 saturated carbocycles. The molecule has 1 aromatic rings. The minimum Gasteiger partial charge on any atom is -0.480 e. The first-order valence-corrected chi connectivity index (χ1v) is 6.45. The molecule has 1 aromatic carbocycles. The molecule has 0 saturated heterocycles. The first-order chi connectivity index (χ1) is 9.31. The number of ether oxygens (including phenoxy) is 1. The largest absolute Gasteiger partial charge is 0.480 e. The van der Waals surface area contributed by atoms with Crippen molar-refractivity contribution < 1.29 is 14.3 Å². The number of rotatable bonds is 6. The first-order valence-electron chi connectivity index (χ1n) is 6.45. The number of nitrogen functional groups attached to an aromatic ring is 1. The molecular weight excluding hydrogens is 258 g/mol. The van der Waals surface area contributed by atoms with Gasteiger partial charge in [0, 0.05) is 12.2 Å². The molecule has 110 valence electrons. The molecule has 1 rings (SSSR count). The normalized spacial score (nSPS) is 12.0. The highest BCUT2D eigenvalue weighted by Crippen LogP contribution is 2.22. The topological polar surface area (TPSA) is 107 Å². The third kappa shape index (κ3) is 4.46. The lowest BCUT2D eigenvalue weighted by molar-refractivity contribution is -0.127. The van der Waals surface area contributed by atoms with E-state index >= 15 is 0 Å². The van der Waals surface area contributed by atoms with Crippen molar-refractivity contribution >= 4 is 17.5 Å². The summed E-state index contributed by atoms with van der Waals surface area (Å²) in [6, 6.07) is 4.54. The van der Waals surface area contributed by atoms with E-state index in [1.165, 1.54) is 12.1 Å². The number of nitrogens with one attached hydrogen (secondary N) is 1. The van der Waals surface area contributed by atoms with Crippen molar-refractivity contribution in [3.8, 4) is 5.75 Å². The molecule has 0 heterocycles. The Morgan fingerprint density at radius 3 is 2.50 bits per heavy atom. The second-order valence-electron chi connectivity index (χ2n) is 5.02. The van der Waals surface area contributed by atoms with Crippen molar-refractivity contribution in [2.45, 2.75) is 26.9 Å². The Hall–Kier alpha value is -2.24. The summed E-state index contributed by atoms with van der Waals surface area (Å²) in [5.41, 5.74) is 11.4. The van der Waals surface area contributed by atoms with E-state index in [0.29, 0.717) is 18.2 Å². The van der Waals surface area contributed by atoms with Gasteiger partial charge in [0.1, 0.15) is 5.75 Å². The Labute approximate surface area is 118 Å². The fourth-order valence-corrected chi connectivity index (χ4v) is 1.54. The third-order valence-corrected chi connectivity index (χ3v) is 2.63. The zero-order valence-electron chi connectivity index (χ0n) is 12.0. The minimum atomic E-state index is -0.726. The highest BCUT2D eigenvalue weighted by Gasteiger charge is 2.18. The molecule has 1 atom stereocenters. The van der Waals surface area contributed by atoms with E-state index in [2.05, 4.69) is 5.32 Å². The number of carbonyl (C=O) groups is 2. The monoisotopic (exact) mass is 279 g/mol. The summed E-state index contributed by atoms with van der Waals surface area (Å²) >= 11 is 0. The second-order valence-corrected chi connectivity index (χ2v) is 5.02. The zero-order valence-corrected chi connectivity index (χ0v) is 12.0. The number of hydrogen-bond donors (Lipinski definition) is 3. The van der Waals surface area contributed by atoms with Crippen molar-refractivity contribution in [1.29, 1.82) is 0 Å². The van der Waals surface area contributed by atoms with Gasteiger partial charge in [0.05, 0.1) is 5.56 Å². The molecule has 0 radical (unpaired) electrons. The van der Waals surface area contributed by atoms with E-state index in [1.54, 1.807) is 13.0 Å². The molecule has 5 N–H and O–H groups in total. The summed E-state index contributed by atoms with van der Waals surface area (Å²) in [4.78, 5) is 23.1. The molecule has 1 unspecified atom stereocenters. The summed E-state index contributed by atoms with van der Waals surface area (Å²) in [7, 11) is 0. The van der Waals surface area contributed by atoms with Gasteiger partial charge in [-0.05, 0) is 31.0 Å². The van der Waals surface area contributed by atoms with Crippen LogP contribution in [0.5, 0.6) is 5.75 Å². The fraction of sp³-hybridized carbons (Fsp3) is 0.429. The summed E-state index contributed by atoms with van der Waals surface area (Å²) in [6.45, 7) is 6.17. The molecule has 6 heteroatoms. The number of hydrogen-bond acceptors (Lipinski definition) is 4. The van der Waals surface area contributed by atoms with E-state index < -0.39 is 12.0 Å². The fourth-order valence-electron chi connectivity index (χ4n) is 1.54. The summed E-state index contributed by atoms with van der Waals surface area (Å²) in [6.07, 6.45) is -0.726. The van der Waals surface area contributed by atoms with E-state index in [-0.39, 0.29) is 17.2 Å². The highest BCUT2D eigenvalue weighted by molar-refractivity contribution is 5.96. The van der Waals surface area contributed by atoms with Crippen LogP contribution >= 0.6 is 0 Å². The predicted octanol–water partition coefficient (Wildman–Crippen LogP) is 0.907. The SMILES string of the molecule is CC(C)CNC(=O)C(C)Oc1ccc(N)cc1C(N)=O. The number of benzene rings is 1. The van der Waals surface area contributed by atoms with Gasteiger partial charge in [-0.1, -0.05) is 13.8 Å². The van der Waals surface area contributed by atoms with Crippen molar-refractivity contribution in [2.24, 2.45) is 11.7 Å². The Morgan fingerprint density at radius 2 is 1.95 bits per heavy atom. The molecule has 0 aliphatic heterocycles. The van der Waals surface area contributed by atoms with Crippen LogP contribution in [-0.2, 0) is 4.79 Å². The average Bonchev–Trinajstić information content (AvgIpc) is 2.37. The average molecular weight is 279 g/mol. The van der Waals surface area contributed by atoms with Gasteiger partial charge in [0.2, 0.25) is 0 Å². The maximum Gasteiger partial charge on any atom is 0.260 e. The molecule has 0 fully saturated rings. The van der Waals surface area contributed by atoms with Crippen LogP contribution in [0.3, 0.4) is 0 Å². The lowest BCUT2D eigenvalue weighted by Gasteiger charge is -2.17. The van der Waals surface area contributed by atoms with Crippen LogP contribution in [0, 0.1) is 5.92 Å². The van der Waals surface area contributed by atoms with E-state index in [4.69, 9.17) is 16.2 Å². The molecule has 2 amide bonds. The van der Waals surface area contributed by atoms with Crippen molar-refractivity contribution in [3.63, 3.8) is 0 Å². The lowest BCUT2D eigenvalue weighted by atomic mass is 10.1. The Balaban J connectivity index is 2.77. The van der Waals surface area contributed by atoms with E-state index in [1.807, 2.05) is 13.8 Å². The van der Waals surface area contributed by atoms with Crippen LogP contribution < -0.4 is 21.5 Å². The number of anilines is 1. The highest BCUT2D eigenvalue weighted by atomic mass is 16.5. The van der Waals surface area contributed by atoms with Crippen molar-refractivity contribution in [1.82, 2.24) is 5.32 Å². The molecule has 0 bridgehead atoms. The maximum atomic E-state index is 11.8. The van der Waals surface area contributed by atoms with Gasteiger partial charge in [0.15, 0.2) is 6.10 Å². The van der Waals surface area contributed by atoms with Gasteiger partial charge in [-0.3, -0.25) is 9.59 Å². The molecule has 6 nitrogen and oxygen atoms in total. The van der Waals surface area contributed by atoms with Gasteiger partial charge in [-0.2, -0.15) is 0 Å². The molecule has 0 spiro atoms. The Bertz CT molecular complexity index is 500. The maximum absolute atomic E-state index is 11.8. The van der Waals surface area contributed by atoms with Crippen molar-refractivity contribution in [2.75, 3.05) is 12.3 Å². The molecule has 0 aliphatic carbocycles. The van der Waals surface area contributed by atoms with Crippen LogP contribution in [0.2, 0.25) is 0 Å². The van der Waals surface area contributed by atoms with Gasteiger partial charge in [-0.25, -0.2) is 0 Å². The lowest BCUT2D eigenvalue weighted by Crippen LogP contribution is -2.38. The Kier molecular flexibility index (Phi) is 5.37. The quantitative estimate of drug-likeness (QED) is 0.672. The summed E-state index contributed by atoms with van der Waals surface area (Å²) in [5, 5.41) is 2.76. The van der Waals surface area contributed by atoms with Gasteiger partial charge < -0.3 is 21.5 Å². The number of amides is 2. The number of nitrogens with two attached hydrogens (primary N) is 2. The van der Waals surface area contributed by atoms with Crippen LogP contribution in [-0.4, -0.2) is 24.5 Å². The summed E-state index contributed by atoms with van der Waals surface area (Å²) in [5.74, 6) is -0.296. The summed E-state index contributed by atoms with van der Waals surface area (Å²) < 4.78 is 5.49. The first kappa shape index (κ1) is 15.8. The Morgan fingerprint density at radius 1 is 1.30 bits per heavy atom. The van der Waals surface area contributed by atoms with Crippen molar-refractivity contribution in [3.05, 3.63) is 23.8 Å². The number of carbonyl (C=O) groups excluding carboxylic acids is 2. The van der Waals surface area contributed by atoms with E-state index in [0.717, 1.165) is 0 Å². The van der Waals surface area contributed by atoms with E-state index in [9.17, 15) is 9.59 Å². The van der Waals surface area contributed by atoms with Crippen LogP contribution in [0.4, 0.5) is 5.69 Å². The molecule has 0 aliphatic rings. The zero-order chi connectivity index (χ0) is 15.3. The molecular formula is C14H21N3O3. The molecule has 0 aromatic heterocycles.